The van der Waals surface area contributed by atoms with Crippen molar-refractivity contribution in [2.24, 2.45) is 0 Å². The van der Waals surface area contributed by atoms with Gasteiger partial charge in [0.05, 0.1) is 5.41 Å². The fourth-order valence-corrected chi connectivity index (χ4v) is 3.59. The number of rotatable bonds is 6. The van der Waals surface area contributed by atoms with Crippen LogP contribution < -0.4 is 19.5 Å². The van der Waals surface area contributed by atoms with E-state index in [0.29, 0.717) is 12.4 Å². The van der Waals surface area contributed by atoms with Crippen LogP contribution in [-0.4, -0.2) is 12.7 Å². The van der Waals surface area contributed by atoms with Crippen molar-refractivity contribution in [2.75, 3.05) is 12.1 Å². The van der Waals surface area contributed by atoms with E-state index in [-0.39, 0.29) is 12.7 Å². The predicted molar refractivity (Wildman–Crippen MR) is 109 cm³/mol. The van der Waals surface area contributed by atoms with Crippen LogP contribution in [0.3, 0.4) is 0 Å². The van der Waals surface area contributed by atoms with Gasteiger partial charge in [0, 0.05) is 5.69 Å². The molecule has 3 aromatic carbocycles. The summed E-state index contributed by atoms with van der Waals surface area (Å²) in [5.41, 5.74) is 2.36. The van der Waals surface area contributed by atoms with E-state index >= 15 is 0 Å². The number of benzene rings is 3. The van der Waals surface area contributed by atoms with Crippen molar-refractivity contribution in [1.29, 1.82) is 0 Å². The standard InChI is InChI=1S/C24H21NO4/c26-23(24(12-13-24)18-6-11-21-22(14-18)29-16-28-21)25-19-7-9-20(10-8-19)27-15-17-4-2-1-3-5-17/h1-11,14H,12-13,15-16H2,(H,25,26). The Balaban J connectivity index is 1.24. The first-order valence-corrected chi connectivity index (χ1v) is 9.71. The van der Waals surface area contributed by atoms with E-state index in [9.17, 15) is 4.79 Å². The molecule has 0 atom stereocenters. The number of amides is 1. The molecule has 3 aromatic rings. The molecule has 5 heteroatoms. The number of hydrogen-bond donors (Lipinski definition) is 1. The lowest BCUT2D eigenvalue weighted by atomic mass is 9.94. The van der Waals surface area contributed by atoms with Crippen LogP contribution in [0.1, 0.15) is 24.0 Å². The van der Waals surface area contributed by atoms with Crippen LogP contribution in [0.25, 0.3) is 0 Å². The van der Waals surface area contributed by atoms with Crippen LogP contribution in [0.15, 0.2) is 72.8 Å². The average Bonchev–Trinajstić information content (AvgIpc) is 3.45. The van der Waals surface area contributed by atoms with Gasteiger partial charge in [-0.3, -0.25) is 4.79 Å². The first kappa shape index (κ1) is 17.6. The van der Waals surface area contributed by atoms with Crippen LogP contribution in [0, 0.1) is 0 Å². The number of fused-ring (bicyclic) bond motifs is 1. The topological polar surface area (TPSA) is 56.8 Å². The largest absolute Gasteiger partial charge is 0.489 e. The van der Waals surface area contributed by atoms with Crippen molar-refractivity contribution in [1.82, 2.24) is 0 Å². The van der Waals surface area contributed by atoms with Crippen molar-refractivity contribution >= 4 is 11.6 Å². The van der Waals surface area contributed by atoms with E-state index in [1.54, 1.807) is 0 Å². The molecule has 0 spiro atoms. The average molecular weight is 387 g/mol. The zero-order chi connectivity index (χ0) is 19.7. The van der Waals surface area contributed by atoms with Gasteiger partial charge in [-0.2, -0.15) is 0 Å². The Kier molecular flexibility index (Phi) is 4.35. The Morgan fingerprint density at radius 2 is 1.69 bits per heavy atom. The molecule has 5 nitrogen and oxygen atoms in total. The van der Waals surface area contributed by atoms with Gasteiger partial charge >= 0.3 is 0 Å². The van der Waals surface area contributed by atoms with Crippen LogP contribution in [0.2, 0.25) is 0 Å². The summed E-state index contributed by atoms with van der Waals surface area (Å²) >= 11 is 0. The van der Waals surface area contributed by atoms with Crippen LogP contribution in [0.5, 0.6) is 17.2 Å². The third-order valence-electron chi connectivity index (χ3n) is 5.47. The Bertz CT molecular complexity index is 1030. The summed E-state index contributed by atoms with van der Waals surface area (Å²) in [7, 11) is 0. The smallest absolute Gasteiger partial charge is 0.235 e. The Morgan fingerprint density at radius 1 is 0.931 bits per heavy atom. The fourth-order valence-electron chi connectivity index (χ4n) is 3.59. The van der Waals surface area contributed by atoms with E-state index in [1.165, 1.54) is 0 Å². The molecule has 1 fully saturated rings. The molecule has 2 aliphatic rings. The normalized spacial score (nSPS) is 15.6. The van der Waals surface area contributed by atoms with Crippen molar-refractivity contribution < 1.29 is 19.0 Å². The quantitative estimate of drug-likeness (QED) is 0.668. The zero-order valence-corrected chi connectivity index (χ0v) is 15.9. The zero-order valence-electron chi connectivity index (χ0n) is 15.9. The SMILES string of the molecule is O=C(Nc1ccc(OCc2ccccc2)cc1)C1(c2ccc3c(c2)OCO3)CC1. The molecule has 1 aliphatic carbocycles. The second-order valence-corrected chi connectivity index (χ2v) is 7.40. The summed E-state index contributed by atoms with van der Waals surface area (Å²) in [6, 6.07) is 23.3. The number of ether oxygens (including phenoxy) is 3. The van der Waals surface area contributed by atoms with Crippen molar-refractivity contribution in [3.05, 3.63) is 83.9 Å². The summed E-state index contributed by atoms with van der Waals surface area (Å²) in [5.74, 6) is 2.22. The number of nitrogens with one attached hydrogen (secondary N) is 1. The van der Waals surface area contributed by atoms with Gasteiger partial charge in [-0.25, -0.2) is 0 Å². The summed E-state index contributed by atoms with van der Waals surface area (Å²) in [6.45, 7) is 0.746. The Labute approximate surface area is 169 Å². The lowest BCUT2D eigenvalue weighted by Crippen LogP contribution is -2.27. The molecule has 0 bridgehead atoms. The second kappa shape index (κ2) is 7.17. The van der Waals surface area contributed by atoms with Crippen molar-refractivity contribution in [3.63, 3.8) is 0 Å². The molecule has 0 saturated heterocycles. The molecule has 5 rings (SSSR count). The Hall–Kier alpha value is -3.47. The van der Waals surface area contributed by atoms with E-state index in [2.05, 4.69) is 5.32 Å². The third kappa shape index (κ3) is 3.51. The number of hydrogen-bond acceptors (Lipinski definition) is 4. The molecular formula is C24H21NO4. The molecule has 1 heterocycles. The molecule has 0 unspecified atom stereocenters. The van der Waals surface area contributed by atoms with Gasteiger partial charge in [0.2, 0.25) is 12.7 Å². The van der Waals surface area contributed by atoms with Crippen LogP contribution in [0.4, 0.5) is 5.69 Å². The fraction of sp³-hybridized carbons (Fsp3) is 0.208. The first-order valence-electron chi connectivity index (χ1n) is 9.71. The van der Waals surface area contributed by atoms with Gasteiger partial charge in [0.1, 0.15) is 12.4 Å². The van der Waals surface area contributed by atoms with E-state index < -0.39 is 5.41 Å². The van der Waals surface area contributed by atoms with Crippen LogP contribution >= 0.6 is 0 Å². The molecule has 0 aromatic heterocycles. The molecule has 29 heavy (non-hydrogen) atoms. The highest BCUT2D eigenvalue weighted by molar-refractivity contribution is 6.01. The van der Waals surface area contributed by atoms with Gasteiger partial charge in [0.25, 0.3) is 0 Å². The molecule has 1 saturated carbocycles. The first-order chi connectivity index (χ1) is 14.2. The molecular weight excluding hydrogens is 366 g/mol. The van der Waals surface area contributed by atoms with Crippen molar-refractivity contribution in [3.8, 4) is 17.2 Å². The highest BCUT2D eigenvalue weighted by Gasteiger charge is 2.51. The minimum absolute atomic E-state index is 0.00863. The highest BCUT2D eigenvalue weighted by Crippen LogP contribution is 2.51. The number of carbonyl (C=O) groups excluding carboxylic acids is 1. The van der Waals surface area contributed by atoms with Gasteiger partial charge in [-0.05, 0) is 60.4 Å². The van der Waals surface area contributed by atoms with Gasteiger partial charge in [0.15, 0.2) is 11.5 Å². The number of carbonyl (C=O) groups is 1. The molecule has 1 aliphatic heterocycles. The summed E-state index contributed by atoms with van der Waals surface area (Å²) < 4.78 is 16.6. The van der Waals surface area contributed by atoms with E-state index in [4.69, 9.17) is 14.2 Å². The number of anilines is 1. The lowest BCUT2D eigenvalue weighted by Gasteiger charge is -2.16. The summed E-state index contributed by atoms with van der Waals surface area (Å²) in [6.07, 6.45) is 1.66. The monoisotopic (exact) mass is 387 g/mol. The highest BCUT2D eigenvalue weighted by atomic mass is 16.7. The maximum Gasteiger partial charge on any atom is 0.235 e. The molecule has 1 N–H and O–H groups in total. The molecule has 146 valence electrons. The van der Waals surface area contributed by atoms with Gasteiger partial charge in [-0.15, -0.1) is 0 Å². The van der Waals surface area contributed by atoms with Gasteiger partial charge < -0.3 is 19.5 Å². The summed E-state index contributed by atoms with van der Waals surface area (Å²) in [5, 5.41) is 3.05. The minimum atomic E-state index is -0.483. The summed E-state index contributed by atoms with van der Waals surface area (Å²) in [4.78, 5) is 13.0. The Morgan fingerprint density at radius 3 is 2.45 bits per heavy atom. The van der Waals surface area contributed by atoms with E-state index in [1.807, 2.05) is 72.8 Å². The third-order valence-corrected chi connectivity index (χ3v) is 5.47. The minimum Gasteiger partial charge on any atom is -0.489 e. The maximum atomic E-state index is 13.0. The van der Waals surface area contributed by atoms with Crippen molar-refractivity contribution in [2.45, 2.75) is 24.9 Å². The molecule has 0 radical (unpaired) electrons. The van der Waals surface area contributed by atoms with Crippen LogP contribution in [-0.2, 0) is 16.8 Å². The maximum absolute atomic E-state index is 13.0. The van der Waals surface area contributed by atoms with Gasteiger partial charge in [-0.1, -0.05) is 36.4 Å². The second-order valence-electron chi connectivity index (χ2n) is 7.40. The predicted octanol–water partition coefficient (Wildman–Crippen LogP) is 4.66. The lowest BCUT2D eigenvalue weighted by molar-refractivity contribution is -0.118. The molecule has 1 amide bonds. The van der Waals surface area contributed by atoms with E-state index in [0.717, 1.165) is 41.2 Å².